The summed E-state index contributed by atoms with van der Waals surface area (Å²) >= 11 is 0. The molecule has 1 atom stereocenters. The number of carbonyl (C=O) groups excluding carboxylic acids is 1. The molecule has 3 heteroatoms. The van der Waals surface area contributed by atoms with Crippen molar-refractivity contribution in [1.82, 2.24) is 5.32 Å². The second-order valence-electron chi connectivity index (χ2n) is 4.45. The van der Waals surface area contributed by atoms with Gasteiger partial charge in [-0.1, -0.05) is 6.92 Å². The number of rotatable bonds is 3. The molecule has 1 saturated heterocycles. The molecule has 1 N–H and O–H groups in total. The molecule has 2 aliphatic rings. The Labute approximate surface area is 90.9 Å². The van der Waals surface area contributed by atoms with Gasteiger partial charge in [-0.2, -0.15) is 0 Å². The van der Waals surface area contributed by atoms with E-state index in [0.29, 0.717) is 12.4 Å². The van der Waals surface area contributed by atoms with E-state index in [-0.39, 0.29) is 11.2 Å². The normalized spacial score (nSPS) is 30.9. The molecule has 0 aliphatic carbocycles. The molecule has 0 aromatic rings. The van der Waals surface area contributed by atoms with Crippen LogP contribution in [-0.2, 0) is 9.53 Å². The lowest BCUT2D eigenvalue weighted by molar-refractivity contribution is -0.128. The maximum absolute atomic E-state index is 12.3. The van der Waals surface area contributed by atoms with E-state index < -0.39 is 0 Å². The highest BCUT2D eigenvalue weighted by molar-refractivity contribution is 5.98. The van der Waals surface area contributed by atoms with Crippen molar-refractivity contribution in [3.8, 4) is 0 Å². The molecule has 0 saturated carbocycles. The summed E-state index contributed by atoms with van der Waals surface area (Å²) in [5.41, 5.74) is -0.191. The SMILES string of the molecule is CCC1(C(=O)C2=CCCCO2)CCNC1. The van der Waals surface area contributed by atoms with Gasteiger partial charge in [-0.05, 0) is 38.3 Å². The zero-order valence-corrected chi connectivity index (χ0v) is 9.34. The highest BCUT2D eigenvalue weighted by Gasteiger charge is 2.41. The smallest absolute Gasteiger partial charge is 0.204 e. The number of carbonyl (C=O) groups is 1. The first-order valence-electron chi connectivity index (χ1n) is 5.87. The van der Waals surface area contributed by atoms with Crippen LogP contribution in [0, 0.1) is 5.41 Å². The third kappa shape index (κ3) is 1.93. The Hall–Kier alpha value is -0.830. The summed E-state index contributed by atoms with van der Waals surface area (Å²) in [6, 6.07) is 0. The predicted octanol–water partition coefficient (Wildman–Crippen LogP) is 1.64. The summed E-state index contributed by atoms with van der Waals surface area (Å²) < 4.78 is 5.46. The van der Waals surface area contributed by atoms with Crippen LogP contribution in [0.15, 0.2) is 11.8 Å². The zero-order chi connectivity index (χ0) is 10.7. The van der Waals surface area contributed by atoms with E-state index in [9.17, 15) is 4.79 Å². The Kier molecular flexibility index (Phi) is 3.10. The van der Waals surface area contributed by atoms with Crippen LogP contribution >= 0.6 is 0 Å². The average Bonchev–Trinajstić information content (AvgIpc) is 2.79. The summed E-state index contributed by atoms with van der Waals surface area (Å²) in [6.45, 7) is 4.55. The fourth-order valence-electron chi connectivity index (χ4n) is 2.38. The molecule has 2 rings (SSSR count). The average molecular weight is 209 g/mol. The predicted molar refractivity (Wildman–Crippen MR) is 58.5 cm³/mol. The molecule has 2 heterocycles. The number of ether oxygens (including phenoxy) is 1. The fraction of sp³-hybridized carbons (Fsp3) is 0.750. The van der Waals surface area contributed by atoms with Gasteiger partial charge in [0.15, 0.2) is 5.76 Å². The van der Waals surface area contributed by atoms with Gasteiger partial charge in [0.25, 0.3) is 0 Å². The van der Waals surface area contributed by atoms with Crippen molar-refractivity contribution >= 4 is 5.78 Å². The molecule has 84 valence electrons. The van der Waals surface area contributed by atoms with Crippen LogP contribution in [0.5, 0.6) is 0 Å². The number of ketones is 1. The number of hydrogen-bond donors (Lipinski definition) is 1. The van der Waals surface area contributed by atoms with Gasteiger partial charge in [0.1, 0.15) is 0 Å². The van der Waals surface area contributed by atoms with Crippen LogP contribution in [0.4, 0.5) is 0 Å². The van der Waals surface area contributed by atoms with Crippen LogP contribution in [0.1, 0.15) is 32.6 Å². The van der Waals surface area contributed by atoms with Crippen LogP contribution in [0.3, 0.4) is 0 Å². The molecule has 15 heavy (non-hydrogen) atoms. The van der Waals surface area contributed by atoms with Crippen LogP contribution in [0.2, 0.25) is 0 Å². The van der Waals surface area contributed by atoms with Gasteiger partial charge >= 0.3 is 0 Å². The minimum atomic E-state index is -0.191. The molecule has 2 aliphatic heterocycles. The Bertz CT molecular complexity index is 277. The van der Waals surface area contributed by atoms with Crippen LogP contribution in [-0.4, -0.2) is 25.5 Å². The monoisotopic (exact) mass is 209 g/mol. The molecule has 0 radical (unpaired) electrons. The molecule has 3 nitrogen and oxygen atoms in total. The highest BCUT2D eigenvalue weighted by Crippen LogP contribution is 2.34. The summed E-state index contributed by atoms with van der Waals surface area (Å²) in [6.07, 6.45) is 5.83. The molecule has 0 spiro atoms. The van der Waals surface area contributed by atoms with Crippen molar-refractivity contribution in [2.75, 3.05) is 19.7 Å². The van der Waals surface area contributed by atoms with Crippen molar-refractivity contribution in [2.24, 2.45) is 5.41 Å². The quantitative estimate of drug-likeness (QED) is 0.768. The van der Waals surface area contributed by atoms with Crippen molar-refractivity contribution in [2.45, 2.75) is 32.6 Å². The summed E-state index contributed by atoms with van der Waals surface area (Å²) in [7, 11) is 0. The Morgan fingerprint density at radius 2 is 2.53 bits per heavy atom. The van der Waals surface area contributed by atoms with Gasteiger partial charge in [-0.15, -0.1) is 0 Å². The van der Waals surface area contributed by atoms with Gasteiger partial charge in [0.2, 0.25) is 5.78 Å². The molecule has 0 aromatic heterocycles. The third-order valence-electron chi connectivity index (χ3n) is 3.56. The second-order valence-corrected chi connectivity index (χ2v) is 4.45. The summed E-state index contributed by atoms with van der Waals surface area (Å²) in [5.74, 6) is 0.835. The molecular formula is C12H19NO2. The maximum atomic E-state index is 12.3. The van der Waals surface area contributed by atoms with Crippen molar-refractivity contribution in [3.63, 3.8) is 0 Å². The number of hydrogen-bond acceptors (Lipinski definition) is 3. The third-order valence-corrected chi connectivity index (χ3v) is 3.56. The van der Waals surface area contributed by atoms with Gasteiger partial charge in [-0.25, -0.2) is 0 Å². The van der Waals surface area contributed by atoms with E-state index in [0.717, 1.165) is 38.8 Å². The maximum Gasteiger partial charge on any atom is 0.204 e. The Morgan fingerprint density at radius 3 is 3.07 bits per heavy atom. The van der Waals surface area contributed by atoms with Crippen molar-refractivity contribution in [1.29, 1.82) is 0 Å². The minimum absolute atomic E-state index is 0.191. The van der Waals surface area contributed by atoms with E-state index in [1.54, 1.807) is 0 Å². The number of Topliss-reactive ketones (excluding diaryl/α,β-unsaturated/α-hetero) is 1. The van der Waals surface area contributed by atoms with Crippen molar-refractivity contribution in [3.05, 3.63) is 11.8 Å². The number of nitrogens with one attached hydrogen (secondary N) is 1. The first kappa shape index (κ1) is 10.7. The molecule has 0 bridgehead atoms. The second kappa shape index (κ2) is 4.35. The largest absolute Gasteiger partial charge is 0.490 e. The van der Waals surface area contributed by atoms with E-state index >= 15 is 0 Å². The first-order chi connectivity index (χ1) is 7.28. The van der Waals surface area contributed by atoms with E-state index in [2.05, 4.69) is 12.2 Å². The topological polar surface area (TPSA) is 38.3 Å². The van der Waals surface area contributed by atoms with Crippen LogP contribution in [0.25, 0.3) is 0 Å². The van der Waals surface area contributed by atoms with E-state index in [1.165, 1.54) is 0 Å². The molecule has 1 unspecified atom stereocenters. The molecule has 1 fully saturated rings. The Morgan fingerprint density at radius 1 is 1.67 bits per heavy atom. The lowest BCUT2D eigenvalue weighted by atomic mass is 9.79. The van der Waals surface area contributed by atoms with E-state index in [4.69, 9.17) is 4.74 Å². The molecular weight excluding hydrogens is 190 g/mol. The fourth-order valence-corrected chi connectivity index (χ4v) is 2.38. The zero-order valence-electron chi connectivity index (χ0n) is 9.34. The Balaban J connectivity index is 2.14. The van der Waals surface area contributed by atoms with Gasteiger partial charge < -0.3 is 10.1 Å². The lowest BCUT2D eigenvalue weighted by Gasteiger charge is -2.27. The standard InChI is InChI=1S/C12H19NO2/c1-2-12(6-7-13-9-12)11(14)10-5-3-4-8-15-10/h5,13H,2-4,6-9H2,1H3. The van der Waals surface area contributed by atoms with Crippen molar-refractivity contribution < 1.29 is 9.53 Å². The van der Waals surface area contributed by atoms with E-state index in [1.807, 2.05) is 6.08 Å². The number of allylic oxidation sites excluding steroid dienone is 2. The van der Waals surface area contributed by atoms with Crippen LogP contribution < -0.4 is 5.32 Å². The summed E-state index contributed by atoms with van der Waals surface area (Å²) in [4.78, 5) is 12.3. The summed E-state index contributed by atoms with van der Waals surface area (Å²) in [5, 5.41) is 3.28. The van der Waals surface area contributed by atoms with Gasteiger partial charge in [-0.3, -0.25) is 4.79 Å². The minimum Gasteiger partial charge on any atom is -0.490 e. The molecule has 0 aromatic carbocycles. The lowest BCUT2D eigenvalue weighted by Crippen LogP contribution is -2.35. The highest BCUT2D eigenvalue weighted by atomic mass is 16.5. The molecule has 0 amide bonds. The first-order valence-corrected chi connectivity index (χ1v) is 5.87. The van der Waals surface area contributed by atoms with Gasteiger partial charge in [0, 0.05) is 6.54 Å². The van der Waals surface area contributed by atoms with Gasteiger partial charge in [0.05, 0.1) is 12.0 Å².